The normalized spacial score (nSPS) is 33.5. The van der Waals surface area contributed by atoms with E-state index in [2.05, 4.69) is 24.1 Å². The molecule has 3 nitrogen and oxygen atoms in total. The highest BCUT2D eigenvalue weighted by Gasteiger charge is 2.29. The molecule has 2 saturated heterocycles. The summed E-state index contributed by atoms with van der Waals surface area (Å²) in [4.78, 5) is 2.69. The van der Waals surface area contributed by atoms with Gasteiger partial charge in [0.05, 0.1) is 13.2 Å². The van der Waals surface area contributed by atoms with Crippen molar-refractivity contribution in [3.8, 4) is 0 Å². The van der Waals surface area contributed by atoms with Gasteiger partial charge in [-0.25, -0.2) is 0 Å². The summed E-state index contributed by atoms with van der Waals surface area (Å²) in [6.45, 7) is 11.3. The van der Waals surface area contributed by atoms with E-state index in [4.69, 9.17) is 4.74 Å². The van der Waals surface area contributed by atoms with Crippen molar-refractivity contribution in [1.82, 2.24) is 10.2 Å². The smallest absolute Gasteiger partial charge is 0.0623 e. The first-order valence-corrected chi connectivity index (χ1v) is 8.37. The summed E-state index contributed by atoms with van der Waals surface area (Å²) in [5.74, 6) is 1.68. The maximum absolute atomic E-state index is 5.67. The summed E-state index contributed by atoms with van der Waals surface area (Å²) < 4.78 is 5.67. The van der Waals surface area contributed by atoms with Crippen LogP contribution < -0.4 is 5.32 Å². The number of rotatable bonds is 6. The molecule has 0 aromatic rings. The highest BCUT2D eigenvalue weighted by Crippen LogP contribution is 2.23. The fourth-order valence-corrected chi connectivity index (χ4v) is 3.70. The Morgan fingerprint density at radius 1 is 1.16 bits per heavy atom. The Balaban J connectivity index is 1.76. The molecule has 0 aromatic carbocycles. The van der Waals surface area contributed by atoms with Gasteiger partial charge in [0.2, 0.25) is 0 Å². The number of nitrogens with zero attached hydrogens (tertiary/aromatic N) is 1. The van der Waals surface area contributed by atoms with E-state index < -0.39 is 0 Å². The van der Waals surface area contributed by atoms with Crippen molar-refractivity contribution in [1.29, 1.82) is 0 Å². The molecule has 2 rings (SSSR count). The fraction of sp³-hybridized carbons (Fsp3) is 1.00. The van der Waals surface area contributed by atoms with Crippen LogP contribution in [0, 0.1) is 11.8 Å². The molecule has 3 unspecified atom stereocenters. The number of hydrogen-bond donors (Lipinski definition) is 1. The lowest BCUT2D eigenvalue weighted by Gasteiger charge is -2.26. The molecule has 112 valence electrons. The number of ether oxygens (including phenoxy) is 1. The van der Waals surface area contributed by atoms with Crippen molar-refractivity contribution in [2.24, 2.45) is 11.8 Å². The van der Waals surface area contributed by atoms with Gasteiger partial charge in [0.25, 0.3) is 0 Å². The Hall–Kier alpha value is -0.120. The van der Waals surface area contributed by atoms with Gasteiger partial charge in [-0.15, -0.1) is 0 Å². The van der Waals surface area contributed by atoms with Crippen molar-refractivity contribution in [2.45, 2.75) is 52.0 Å². The van der Waals surface area contributed by atoms with Crippen LogP contribution in [0.25, 0.3) is 0 Å². The van der Waals surface area contributed by atoms with Gasteiger partial charge in [-0.2, -0.15) is 0 Å². The largest absolute Gasteiger partial charge is 0.379 e. The predicted molar refractivity (Wildman–Crippen MR) is 80.5 cm³/mol. The topological polar surface area (TPSA) is 24.5 Å². The van der Waals surface area contributed by atoms with Gasteiger partial charge in [0.1, 0.15) is 0 Å². The van der Waals surface area contributed by atoms with Crippen LogP contribution in [0.4, 0.5) is 0 Å². The van der Waals surface area contributed by atoms with E-state index in [-0.39, 0.29) is 0 Å². The average molecular weight is 268 g/mol. The lowest BCUT2D eigenvalue weighted by Crippen LogP contribution is -2.42. The standard InChI is InChI=1S/C16H32N2O/c1-3-6-14-7-5-9-18(10-8-14)11-15-12-19-13-16(15)17-4-2/h14-17H,3-13H2,1-2H3. The van der Waals surface area contributed by atoms with Gasteiger partial charge < -0.3 is 15.0 Å². The van der Waals surface area contributed by atoms with Crippen LogP contribution >= 0.6 is 0 Å². The Bertz CT molecular complexity index is 247. The van der Waals surface area contributed by atoms with E-state index in [1.165, 1.54) is 51.7 Å². The average Bonchev–Trinajstić information content (AvgIpc) is 2.70. The minimum absolute atomic E-state index is 0.583. The molecule has 0 spiro atoms. The quantitative estimate of drug-likeness (QED) is 0.801. The molecule has 2 fully saturated rings. The first-order valence-electron chi connectivity index (χ1n) is 8.37. The van der Waals surface area contributed by atoms with Crippen LogP contribution in [-0.4, -0.2) is 50.3 Å². The summed E-state index contributed by atoms with van der Waals surface area (Å²) >= 11 is 0. The maximum Gasteiger partial charge on any atom is 0.0623 e. The molecular formula is C16H32N2O. The minimum Gasteiger partial charge on any atom is -0.379 e. The number of likely N-dealkylation sites (N-methyl/N-ethyl adjacent to an activating group) is 1. The molecule has 0 aliphatic carbocycles. The van der Waals surface area contributed by atoms with Crippen LogP contribution in [-0.2, 0) is 4.74 Å². The predicted octanol–water partition coefficient (Wildman–Crippen LogP) is 2.51. The Morgan fingerprint density at radius 2 is 2.05 bits per heavy atom. The molecular weight excluding hydrogens is 236 g/mol. The van der Waals surface area contributed by atoms with Crippen LogP contribution in [0.2, 0.25) is 0 Å². The Kier molecular flexibility index (Phi) is 6.62. The highest BCUT2D eigenvalue weighted by atomic mass is 16.5. The SMILES string of the molecule is CCCC1CCCN(CC2COCC2NCC)CC1. The van der Waals surface area contributed by atoms with Crippen LogP contribution in [0.1, 0.15) is 46.0 Å². The third-order valence-electron chi connectivity index (χ3n) is 4.79. The van der Waals surface area contributed by atoms with E-state index in [9.17, 15) is 0 Å². The Morgan fingerprint density at radius 3 is 2.84 bits per heavy atom. The second-order valence-corrected chi connectivity index (χ2v) is 6.35. The molecule has 2 aliphatic rings. The van der Waals surface area contributed by atoms with Crippen molar-refractivity contribution >= 4 is 0 Å². The van der Waals surface area contributed by atoms with Crippen molar-refractivity contribution in [3.05, 3.63) is 0 Å². The zero-order chi connectivity index (χ0) is 13.5. The van der Waals surface area contributed by atoms with Crippen molar-refractivity contribution in [2.75, 3.05) is 39.4 Å². The summed E-state index contributed by atoms with van der Waals surface area (Å²) in [6.07, 6.45) is 7.03. The summed E-state index contributed by atoms with van der Waals surface area (Å²) in [5.41, 5.74) is 0. The van der Waals surface area contributed by atoms with Crippen LogP contribution in [0.3, 0.4) is 0 Å². The minimum atomic E-state index is 0.583. The lowest BCUT2D eigenvalue weighted by molar-refractivity contribution is 0.167. The van der Waals surface area contributed by atoms with E-state index in [0.717, 1.165) is 25.7 Å². The molecule has 3 heteroatoms. The van der Waals surface area contributed by atoms with Gasteiger partial charge in [0.15, 0.2) is 0 Å². The molecule has 0 radical (unpaired) electrons. The summed E-state index contributed by atoms with van der Waals surface area (Å²) in [5, 5.41) is 3.58. The van der Waals surface area contributed by atoms with Crippen LogP contribution in [0.5, 0.6) is 0 Å². The van der Waals surface area contributed by atoms with E-state index in [1.54, 1.807) is 0 Å². The number of hydrogen-bond acceptors (Lipinski definition) is 3. The molecule has 0 aromatic heterocycles. The van der Waals surface area contributed by atoms with E-state index >= 15 is 0 Å². The first-order chi connectivity index (χ1) is 9.33. The first kappa shape index (κ1) is 15.3. The number of nitrogens with one attached hydrogen (secondary N) is 1. The van der Waals surface area contributed by atoms with Gasteiger partial charge >= 0.3 is 0 Å². The molecule has 3 atom stereocenters. The monoisotopic (exact) mass is 268 g/mol. The third-order valence-corrected chi connectivity index (χ3v) is 4.79. The molecule has 2 aliphatic heterocycles. The summed E-state index contributed by atoms with van der Waals surface area (Å²) in [6, 6.07) is 0.583. The van der Waals surface area contributed by atoms with Gasteiger partial charge in [-0.05, 0) is 44.8 Å². The van der Waals surface area contributed by atoms with Gasteiger partial charge in [-0.3, -0.25) is 0 Å². The molecule has 19 heavy (non-hydrogen) atoms. The summed E-state index contributed by atoms with van der Waals surface area (Å²) in [7, 11) is 0. The Labute approximate surface area is 119 Å². The fourth-order valence-electron chi connectivity index (χ4n) is 3.70. The highest BCUT2D eigenvalue weighted by molar-refractivity contribution is 4.84. The van der Waals surface area contributed by atoms with Crippen molar-refractivity contribution in [3.63, 3.8) is 0 Å². The van der Waals surface area contributed by atoms with E-state index in [0.29, 0.717) is 12.0 Å². The van der Waals surface area contributed by atoms with Crippen molar-refractivity contribution < 1.29 is 4.74 Å². The zero-order valence-electron chi connectivity index (χ0n) is 12.9. The second-order valence-electron chi connectivity index (χ2n) is 6.35. The molecule has 1 N–H and O–H groups in total. The van der Waals surface area contributed by atoms with Gasteiger partial charge in [0, 0.05) is 18.5 Å². The van der Waals surface area contributed by atoms with E-state index in [1.807, 2.05) is 0 Å². The molecule has 2 heterocycles. The number of likely N-dealkylation sites (tertiary alicyclic amines) is 1. The zero-order valence-corrected chi connectivity index (χ0v) is 12.9. The van der Waals surface area contributed by atoms with Gasteiger partial charge in [-0.1, -0.05) is 26.7 Å². The molecule has 0 saturated carbocycles. The van der Waals surface area contributed by atoms with Crippen LogP contribution in [0.15, 0.2) is 0 Å². The third kappa shape index (κ3) is 4.73. The lowest BCUT2D eigenvalue weighted by atomic mass is 9.96. The molecule has 0 amide bonds. The second kappa shape index (κ2) is 8.23. The molecule has 0 bridgehead atoms. The maximum atomic E-state index is 5.67.